The van der Waals surface area contributed by atoms with Gasteiger partial charge >= 0.3 is 0 Å². The summed E-state index contributed by atoms with van der Waals surface area (Å²) < 4.78 is 5.48. The summed E-state index contributed by atoms with van der Waals surface area (Å²) in [6.45, 7) is 1.99. The minimum absolute atomic E-state index is 0.111. The number of hydrogen-bond acceptors (Lipinski definition) is 4. The second-order valence-electron chi connectivity index (χ2n) is 6.98. The highest BCUT2D eigenvalue weighted by Gasteiger charge is 2.07. The Hall–Kier alpha value is -3.80. The minimum Gasteiger partial charge on any atom is -0.484 e. The minimum atomic E-state index is -0.390. The summed E-state index contributed by atoms with van der Waals surface area (Å²) in [6, 6.07) is 24.8. The van der Waals surface area contributed by atoms with Crippen molar-refractivity contribution < 1.29 is 14.3 Å². The van der Waals surface area contributed by atoms with E-state index in [1.807, 2.05) is 42.5 Å². The Kier molecular flexibility index (Phi) is 7.05. The van der Waals surface area contributed by atoms with E-state index in [9.17, 15) is 9.59 Å². The van der Waals surface area contributed by atoms with Gasteiger partial charge in [-0.1, -0.05) is 42.5 Å². The Morgan fingerprint density at radius 3 is 2.17 bits per heavy atom. The molecule has 154 valence electrons. The SMILES string of the molecule is CC(Nc1ccc(NC(=O)COc2ccc(CC(N)=O)cc2)cc1)c1ccccc1. The summed E-state index contributed by atoms with van der Waals surface area (Å²) in [5, 5.41) is 6.24. The molecule has 0 fully saturated rings. The number of nitrogens with two attached hydrogens (primary N) is 1. The molecule has 6 heteroatoms. The summed E-state index contributed by atoms with van der Waals surface area (Å²) in [5.74, 6) is -0.0961. The lowest BCUT2D eigenvalue weighted by Gasteiger charge is -2.16. The van der Waals surface area contributed by atoms with E-state index < -0.39 is 5.91 Å². The van der Waals surface area contributed by atoms with Gasteiger partial charge in [0.2, 0.25) is 5.91 Å². The Balaban J connectivity index is 1.46. The number of amides is 2. The molecule has 4 N–H and O–H groups in total. The highest BCUT2D eigenvalue weighted by molar-refractivity contribution is 5.92. The first-order valence-corrected chi connectivity index (χ1v) is 9.71. The molecule has 3 aromatic rings. The van der Waals surface area contributed by atoms with E-state index in [0.717, 1.165) is 11.3 Å². The monoisotopic (exact) mass is 403 g/mol. The van der Waals surface area contributed by atoms with E-state index in [2.05, 4.69) is 29.7 Å². The second-order valence-corrected chi connectivity index (χ2v) is 6.98. The molecular weight excluding hydrogens is 378 g/mol. The first kappa shape index (κ1) is 20.9. The van der Waals surface area contributed by atoms with Crippen LogP contribution in [0.4, 0.5) is 11.4 Å². The molecule has 0 saturated heterocycles. The maximum absolute atomic E-state index is 12.1. The molecular formula is C24H25N3O3. The van der Waals surface area contributed by atoms with Crippen molar-refractivity contribution in [1.82, 2.24) is 0 Å². The van der Waals surface area contributed by atoms with Gasteiger partial charge in [-0.25, -0.2) is 0 Å². The fourth-order valence-electron chi connectivity index (χ4n) is 2.98. The van der Waals surface area contributed by atoms with Gasteiger partial charge in [0.15, 0.2) is 6.61 Å². The summed E-state index contributed by atoms with van der Waals surface area (Å²) in [5.41, 5.74) is 8.83. The molecule has 0 aliphatic carbocycles. The number of carbonyl (C=O) groups excluding carboxylic acids is 2. The van der Waals surface area contributed by atoms with Gasteiger partial charge in [0.1, 0.15) is 5.75 Å². The zero-order valence-corrected chi connectivity index (χ0v) is 16.8. The molecule has 0 aliphatic heterocycles. The molecule has 0 radical (unpaired) electrons. The third-order valence-electron chi connectivity index (χ3n) is 4.52. The van der Waals surface area contributed by atoms with Crippen LogP contribution in [0, 0.1) is 0 Å². The Bertz CT molecular complexity index is 971. The van der Waals surface area contributed by atoms with Gasteiger partial charge in [-0.05, 0) is 54.4 Å². The molecule has 3 aromatic carbocycles. The standard InChI is InChI=1S/C24H25N3O3/c1-17(19-5-3-2-4-6-19)26-20-9-11-21(12-10-20)27-24(29)16-30-22-13-7-18(8-14-22)15-23(25)28/h2-14,17,26H,15-16H2,1H3,(H2,25,28)(H,27,29). The first-order chi connectivity index (χ1) is 14.5. The topological polar surface area (TPSA) is 93.4 Å². The van der Waals surface area contributed by atoms with Crippen molar-refractivity contribution in [3.63, 3.8) is 0 Å². The number of ether oxygens (including phenoxy) is 1. The smallest absolute Gasteiger partial charge is 0.262 e. The van der Waals surface area contributed by atoms with Crippen LogP contribution in [-0.2, 0) is 16.0 Å². The van der Waals surface area contributed by atoms with Crippen molar-refractivity contribution in [2.24, 2.45) is 5.73 Å². The summed E-state index contributed by atoms with van der Waals surface area (Å²) in [4.78, 5) is 23.0. The van der Waals surface area contributed by atoms with E-state index in [-0.39, 0.29) is 25.0 Å². The molecule has 30 heavy (non-hydrogen) atoms. The Labute approximate surface area is 176 Å². The third-order valence-corrected chi connectivity index (χ3v) is 4.52. The van der Waals surface area contributed by atoms with Crippen LogP contribution in [0.15, 0.2) is 78.9 Å². The van der Waals surface area contributed by atoms with Gasteiger partial charge in [-0.3, -0.25) is 9.59 Å². The van der Waals surface area contributed by atoms with Crippen LogP contribution in [0.2, 0.25) is 0 Å². The van der Waals surface area contributed by atoms with Crippen LogP contribution in [0.3, 0.4) is 0 Å². The number of hydrogen-bond donors (Lipinski definition) is 3. The molecule has 0 aromatic heterocycles. The van der Waals surface area contributed by atoms with Crippen molar-refractivity contribution in [1.29, 1.82) is 0 Å². The lowest BCUT2D eigenvalue weighted by molar-refractivity contribution is -0.118. The van der Waals surface area contributed by atoms with Crippen molar-refractivity contribution in [2.75, 3.05) is 17.2 Å². The summed E-state index contributed by atoms with van der Waals surface area (Å²) in [6.07, 6.45) is 0.176. The number of rotatable bonds is 9. The van der Waals surface area contributed by atoms with E-state index >= 15 is 0 Å². The van der Waals surface area contributed by atoms with Crippen LogP contribution in [0.1, 0.15) is 24.1 Å². The second kappa shape index (κ2) is 10.1. The number of benzene rings is 3. The molecule has 3 rings (SSSR count). The lowest BCUT2D eigenvalue weighted by atomic mass is 10.1. The maximum Gasteiger partial charge on any atom is 0.262 e. The molecule has 0 heterocycles. The molecule has 0 bridgehead atoms. The number of primary amides is 1. The molecule has 0 spiro atoms. The predicted molar refractivity (Wildman–Crippen MR) is 118 cm³/mol. The zero-order valence-electron chi connectivity index (χ0n) is 16.8. The van der Waals surface area contributed by atoms with Gasteiger partial charge in [-0.2, -0.15) is 0 Å². The van der Waals surface area contributed by atoms with Crippen LogP contribution in [0.25, 0.3) is 0 Å². The summed E-state index contributed by atoms with van der Waals surface area (Å²) in [7, 11) is 0. The van der Waals surface area contributed by atoms with E-state index in [1.54, 1.807) is 24.3 Å². The fraction of sp³-hybridized carbons (Fsp3) is 0.167. The highest BCUT2D eigenvalue weighted by Crippen LogP contribution is 2.20. The average molecular weight is 403 g/mol. The number of anilines is 2. The predicted octanol–water partition coefficient (Wildman–Crippen LogP) is 3.91. The van der Waals surface area contributed by atoms with E-state index in [4.69, 9.17) is 10.5 Å². The van der Waals surface area contributed by atoms with E-state index in [0.29, 0.717) is 11.4 Å². The van der Waals surface area contributed by atoms with Gasteiger partial charge in [-0.15, -0.1) is 0 Å². The third kappa shape index (κ3) is 6.38. The largest absolute Gasteiger partial charge is 0.484 e. The molecule has 6 nitrogen and oxygen atoms in total. The average Bonchev–Trinajstić information content (AvgIpc) is 2.75. The van der Waals surface area contributed by atoms with Gasteiger partial charge in [0, 0.05) is 17.4 Å². The van der Waals surface area contributed by atoms with Crippen molar-refractivity contribution in [3.8, 4) is 5.75 Å². The quantitative estimate of drug-likeness (QED) is 0.505. The molecule has 0 saturated carbocycles. The van der Waals surface area contributed by atoms with Crippen LogP contribution in [0.5, 0.6) is 5.75 Å². The molecule has 2 amide bonds. The Morgan fingerprint density at radius 2 is 1.53 bits per heavy atom. The highest BCUT2D eigenvalue weighted by atomic mass is 16.5. The van der Waals surface area contributed by atoms with Crippen LogP contribution in [-0.4, -0.2) is 18.4 Å². The van der Waals surface area contributed by atoms with Crippen LogP contribution >= 0.6 is 0 Å². The lowest BCUT2D eigenvalue weighted by Crippen LogP contribution is -2.20. The van der Waals surface area contributed by atoms with Crippen molar-refractivity contribution >= 4 is 23.2 Å². The number of nitrogens with one attached hydrogen (secondary N) is 2. The van der Waals surface area contributed by atoms with Gasteiger partial charge < -0.3 is 21.1 Å². The molecule has 0 aliphatic rings. The maximum atomic E-state index is 12.1. The molecule has 1 unspecified atom stereocenters. The number of carbonyl (C=O) groups is 2. The Morgan fingerprint density at radius 1 is 0.900 bits per heavy atom. The van der Waals surface area contributed by atoms with Crippen molar-refractivity contribution in [3.05, 3.63) is 90.0 Å². The summed E-state index contributed by atoms with van der Waals surface area (Å²) >= 11 is 0. The van der Waals surface area contributed by atoms with E-state index in [1.165, 1.54) is 5.56 Å². The van der Waals surface area contributed by atoms with Gasteiger partial charge in [0.05, 0.1) is 6.42 Å². The van der Waals surface area contributed by atoms with Gasteiger partial charge in [0.25, 0.3) is 5.91 Å². The fourth-order valence-corrected chi connectivity index (χ4v) is 2.98. The first-order valence-electron chi connectivity index (χ1n) is 9.71. The molecule has 1 atom stereocenters. The zero-order chi connectivity index (χ0) is 21.3. The van der Waals surface area contributed by atoms with Crippen molar-refractivity contribution in [2.45, 2.75) is 19.4 Å². The van der Waals surface area contributed by atoms with Crippen LogP contribution < -0.4 is 21.1 Å². The normalized spacial score (nSPS) is 11.4.